The van der Waals surface area contributed by atoms with Gasteiger partial charge in [-0.25, -0.2) is 0 Å². The SMILES string of the molecule is CN(C)c1cccc(P(=O)(c2ccc(N3CCOCC3)cc2)c2cccc(N(C)C)c2)c1. The van der Waals surface area contributed by atoms with Gasteiger partial charge in [0.05, 0.1) is 13.2 Å². The largest absolute Gasteiger partial charge is 0.378 e. The van der Waals surface area contributed by atoms with Crippen molar-refractivity contribution in [3.63, 3.8) is 0 Å². The summed E-state index contributed by atoms with van der Waals surface area (Å²) in [5, 5.41) is 2.54. The third-order valence-corrected chi connectivity index (χ3v) is 9.05. The first kappa shape index (κ1) is 22.4. The van der Waals surface area contributed by atoms with Crippen molar-refractivity contribution in [2.24, 2.45) is 0 Å². The molecule has 1 aliphatic rings. The quantitative estimate of drug-likeness (QED) is 0.540. The van der Waals surface area contributed by atoms with Gasteiger partial charge < -0.3 is 24.0 Å². The van der Waals surface area contributed by atoms with E-state index in [-0.39, 0.29) is 0 Å². The summed E-state index contributed by atoms with van der Waals surface area (Å²) in [6, 6.07) is 24.4. The van der Waals surface area contributed by atoms with Gasteiger partial charge in [-0.05, 0) is 48.5 Å². The number of hydrogen-bond acceptors (Lipinski definition) is 5. The molecule has 0 N–H and O–H groups in total. The van der Waals surface area contributed by atoms with Gasteiger partial charge in [0.2, 0.25) is 0 Å². The zero-order chi connectivity index (χ0) is 22.7. The molecule has 3 aromatic carbocycles. The van der Waals surface area contributed by atoms with Crippen LogP contribution in [0.15, 0.2) is 72.8 Å². The molecule has 32 heavy (non-hydrogen) atoms. The molecule has 0 unspecified atom stereocenters. The van der Waals surface area contributed by atoms with Crippen LogP contribution < -0.4 is 30.6 Å². The maximum atomic E-state index is 15.0. The summed E-state index contributed by atoms with van der Waals surface area (Å²) in [5.74, 6) is 0. The first-order valence-corrected chi connectivity index (χ1v) is 12.7. The van der Waals surface area contributed by atoms with Crippen molar-refractivity contribution < 1.29 is 9.30 Å². The molecule has 168 valence electrons. The maximum Gasteiger partial charge on any atom is 0.171 e. The van der Waals surface area contributed by atoms with Crippen LogP contribution in [0, 0.1) is 0 Å². The Morgan fingerprint density at radius 1 is 0.719 bits per heavy atom. The van der Waals surface area contributed by atoms with E-state index in [4.69, 9.17) is 4.74 Å². The van der Waals surface area contributed by atoms with Gasteiger partial charge in [-0.1, -0.05) is 24.3 Å². The van der Waals surface area contributed by atoms with Crippen LogP contribution in [0.2, 0.25) is 0 Å². The van der Waals surface area contributed by atoms with Crippen LogP contribution in [0.4, 0.5) is 17.1 Å². The van der Waals surface area contributed by atoms with Crippen LogP contribution in [0.1, 0.15) is 0 Å². The third kappa shape index (κ3) is 4.41. The highest BCUT2D eigenvalue weighted by Crippen LogP contribution is 2.44. The molecule has 0 saturated carbocycles. The van der Waals surface area contributed by atoms with Gasteiger partial charge in [0.25, 0.3) is 0 Å². The highest BCUT2D eigenvalue weighted by Gasteiger charge is 2.31. The fraction of sp³-hybridized carbons (Fsp3) is 0.308. The number of ether oxygens (including phenoxy) is 1. The second kappa shape index (κ2) is 9.40. The number of hydrogen-bond donors (Lipinski definition) is 0. The number of benzene rings is 3. The number of anilines is 3. The second-order valence-electron chi connectivity index (χ2n) is 8.55. The average molecular weight is 450 g/mol. The van der Waals surface area contributed by atoms with Gasteiger partial charge in [0, 0.05) is 74.3 Å². The zero-order valence-corrected chi connectivity index (χ0v) is 20.3. The van der Waals surface area contributed by atoms with Gasteiger partial charge in [-0.2, -0.15) is 0 Å². The summed E-state index contributed by atoms with van der Waals surface area (Å²) in [6.07, 6.45) is 0. The standard InChI is InChI=1S/C26H32N3O2P/c1-27(2)22-7-5-9-25(19-22)32(30,26-10-6-8-23(20-26)28(3)4)24-13-11-21(12-14-24)29-15-17-31-18-16-29/h5-14,19-20H,15-18H2,1-4H3. The van der Waals surface area contributed by atoms with Gasteiger partial charge in [0.1, 0.15) is 0 Å². The second-order valence-corrected chi connectivity index (χ2v) is 11.3. The lowest BCUT2D eigenvalue weighted by atomic mass is 10.2. The molecule has 1 aliphatic heterocycles. The molecule has 4 rings (SSSR count). The van der Waals surface area contributed by atoms with E-state index in [0.29, 0.717) is 0 Å². The predicted molar refractivity (Wildman–Crippen MR) is 138 cm³/mol. The minimum Gasteiger partial charge on any atom is -0.378 e. The lowest BCUT2D eigenvalue weighted by molar-refractivity contribution is 0.122. The van der Waals surface area contributed by atoms with Gasteiger partial charge in [0.15, 0.2) is 7.14 Å². The summed E-state index contributed by atoms with van der Waals surface area (Å²) in [7, 11) is 4.96. The fourth-order valence-electron chi connectivity index (χ4n) is 4.08. The summed E-state index contributed by atoms with van der Waals surface area (Å²) < 4.78 is 20.5. The Balaban J connectivity index is 1.83. The minimum atomic E-state index is -3.07. The van der Waals surface area contributed by atoms with Gasteiger partial charge >= 0.3 is 0 Å². The van der Waals surface area contributed by atoms with E-state index in [1.165, 1.54) is 0 Å². The summed E-state index contributed by atoms with van der Waals surface area (Å²) in [4.78, 5) is 6.41. The smallest absolute Gasteiger partial charge is 0.171 e. The molecule has 6 heteroatoms. The Labute approximate surface area is 191 Å². The van der Waals surface area contributed by atoms with E-state index < -0.39 is 7.14 Å². The van der Waals surface area contributed by atoms with Crippen LogP contribution in [0.3, 0.4) is 0 Å². The summed E-state index contributed by atoms with van der Waals surface area (Å²) >= 11 is 0. The Hall–Kier alpha value is -2.75. The van der Waals surface area contributed by atoms with Crippen LogP contribution in [0.25, 0.3) is 0 Å². The summed E-state index contributed by atoms with van der Waals surface area (Å²) in [5.41, 5.74) is 3.22. The van der Waals surface area contributed by atoms with Crippen molar-refractivity contribution in [2.45, 2.75) is 0 Å². The lowest BCUT2D eigenvalue weighted by Gasteiger charge is -2.29. The highest BCUT2D eigenvalue weighted by molar-refractivity contribution is 7.85. The molecule has 0 radical (unpaired) electrons. The van der Waals surface area contributed by atoms with Gasteiger partial charge in [-0.3, -0.25) is 0 Å². The minimum absolute atomic E-state index is 0.745. The number of morpholine rings is 1. The molecule has 1 heterocycles. The molecule has 0 bridgehead atoms. The van der Waals surface area contributed by atoms with Crippen molar-refractivity contribution in [2.75, 3.05) is 69.2 Å². The number of nitrogens with zero attached hydrogens (tertiary/aromatic N) is 3. The van der Waals surface area contributed by atoms with E-state index in [1.807, 2.05) is 86.5 Å². The lowest BCUT2D eigenvalue weighted by Crippen LogP contribution is -2.36. The van der Waals surface area contributed by atoms with Crippen molar-refractivity contribution in [1.82, 2.24) is 0 Å². The topological polar surface area (TPSA) is 36.0 Å². The number of rotatable bonds is 6. The normalized spacial score (nSPS) is 14.3. The van der Waals surface area contributed by atoms with Crippen LogP contribution in [-0.2, 0) is 9.30 Å². The first-order valence-electron chi connectivity index (χ1n) is 11.0. The van der Waals surface area contributed by atoms with Crippen molar-refractivity contribution in [3.8, 4) is 0 Å². The monoisotopic (exact) mass is 449 g/mol. The molecule has 1 saturated heterocycles. The molecule has 0 amide bonds. The maximum absolute atomic E-state index is 15.0. The molecular weight excluding hydrogens is 417 g/mol. The molecule has 5 nitrogen and oxygen atoms in total. The molecular formula is C26H32N3O2P. The molecule has 0 spiro atoms. The molecule has 0 aromatic heterocycles. The van der Waals surface area contributed by atoms with Gasteiger partial charge in [-0.15, -0.1) is 0 Å². The van der Waals surface area contributed by atoms with E-state index in [9.17, 15) is 4.57 Å². The fourth-order valence-corrected chi connectivity index (χ4v) is 6.76. The van der Waals surface area contributed by atoms with Crippen LogP contribution in [0.5, 0.6) is 0 Å². The van der Waals surface area contributed by atoms with E-state index in [1.54, 1.807) is 0 Å². The van der Waals surface area contributed by atoms with Crippen LogP contribution in [-0.4, -0.2) is 54.5 Å². The third-order valence-electron chi connectivity index (χ3n) is 6.01. The van der Waals surface area contributed by atoms with Crippen molar-refractivity contribution in [3.05, 3.63) is 72.8 Å². The van der Waals surface area contributed by atoms with Crippen LogP contribution >= 0.6 is 7.14 Å². The molecule has 3 aromatic rings. The molecule has 0 aliphatic carbocycles. The van der Waals surface area contributed by atoms with Crippen molar-refractivity contribution >= 4 is 40.1 Å². The molecule has 1 fully saturated rings. The Bertz CT molecular complexity index is 1050. The average Bonchev–Trinajstić information content (AvgIpc) is 2.84. The summed E-state index contributed by atoms with van der Waals surface area (Å²) in [6.45, 7) is 3.25. The Morgan fingerprint density at radius 2 is 1.22 bits per heavy atom. The highest BCUT2D eigenvalue weighted by atomic mass is 31.2. The van der Waals surface area contributed by atoms with Crippen molar-refractivity contribution in [1.29, 1.82) is 0 Å². The predicted octanol–water partition coefficient (Wildman–Crippen LogP) is 3.29. The van der Waals surface area contributed by atoms with E-state index >= 15 is 0 Å². The Morgan fingerprint density at radius 3 is 1.69 bits per heavy atom. The Kier molecular flexibility index (Phi) is 6.59. The van der Waals surface area contributed by atoms with E-state index in [0.717, 1.165) is 59.3 Å². The first-order chi connectivity index (χ1) is 15.4. The van der Waals surface area contributed by atoms with E-state index in [2.05, 4.69) is 29.2 Å². The molecule has 0 atom stereocenters. The zero-order valence-electron chi connectivity index (χ0n) is 19.4.